The van der Waals surface area contributed by atoms with Gasteiger partial charge < -0.3 is 5.32 Å². The van der Waals surface area contributed by atoms with Crippen molar-refractivity contribution in [3.63, 3.8) is 0 Å². The summed E-state index contributed by atoms with van der Waals surface area (Å²) in [6.07, 6.45) is 0. The van der Waals surface area contributed by atoms with Crippen molar-refractivity contribution >= 4 is 17.4 Å². The summed E-state index contributed by atoms with van der Waals surface area (Å²) in [4.78, 5) is 20.9. The standard InChI is InChI=1S/C9H8N4O3/c14-9-10-5-8(11-12-9)6-2-1-3-7(4-6)13(15)16/h1-4H,5H2,(H2,10,12,14). The number of nitro groups is 1. The Morgan fingerprint density at radius 1 is 1.44 bits per heavy atom. The Hall–Kier alpha value is -2.44. The lowest BCUT2D eigenvalue weighted by molar-refractivity contribution is -0.384. The van der Waals surface area contributed by atoms with Crippen molar-refractivity contribution in [2.24, 2.45) is 5.10 Å². The van der Waals surface area contributed by atoms with E-state index in [9.17, 15) is 14.9 Å². The maximum atomic E-state index is 10.8. The quantitative estimate of drug-likeness (QED) is 0.564. The fraction of sp³-hybridized carbons (Fsp3) is 0.111. The molecule has 2 rings (SSSR count). The number of hydrogen-bond acceptors (Lipinski definition) is 4. The van der Waals surface area contributed by atoms with Crippen LogP contribution in [0.1, 0.15) is 5.56 Å². The number of rotatable bonds is 2. The van der Waals surface area contributed by atoms with E-state index in [1.165, 1.54) is 12.1 Å². The number of non-ortho nitro benzene ring substituents is 1. The summed E-state index contributed by atoms with van der Waals surface area (Å²) in [5.41, 5.74) is 3.42. The number of urea groups is 1. The summed E-state index contributed by atoms with van der Waals surface area (Å²) < 4.78 is 0. The SMILES string of the molecule is O=C1NCC(c2cccc([N+](=O)[O-])c2)=NN1. The largest absolute Gasteiger partial charge is 0.335 e. The van der Waals surface area contributed by atoms with E-state index in [4.69, 9.17) is 0 Å². The van der Waals surface area contributed by atoms with E-state index in [0.29, 0.717) is 11.3 Å². The molecule has 0 radical (unpaired) electrons. The van der Waals surface area contributed by atoms with Crippen molar-refractivity contribution in [2.45, 2.75) is 0 Å². The predicted molar refractivity (Wildman–Crippen MR) is 56.2 cm³/mol. The number of hydrogen-bond donors (Lipinski definition) is 2. The van der Waals surface area contributed by atoms with Crippen LogP contribution in [0.5, 0.6) is 0 Å². The Morgan fingerprint density at radius 3 is 2.88 bits per heavy atom. The van der Waals surface area contributed by atoms with Crippen molar-refractivity contribution in [3.05, 3.63) is 39.9 Å². The number of nitrogens with zero attached hydrogens (tertiary/aromatic N) is 2. The molecule has 0 aliphatic carbocycles. The molecule has 1 heterocycles. The summed E-state index contributed by atoms with van der Waals surface area (Å²) in [5, 5.41) is 16.9. The van der Waals surface area contributed by atoms with E-state index < -0.39 is 4.92 Å². The van der Waals surface area contributed by atoms with Crippen LogP contribution in [0.3, 0.4) is 0 Å². The Balaban J connectivity index is 2.30. The monoisotopic (exact) mass is 220 g/mol. The molecule has 7 nitrogen and oxygen atoms in total. The molecule has 1 aromatic rings. The highest BCUT2D eigenvalue weighted by Crippen LogP contribution is 2.14. The molecule has 0 saturated carbocycles. The number of amides is 2. The molecule has 1 aromatic carbocycles. The zero-order valence-corrected chi connectivity index (χ0v) is 8.14. The molecule has 16 heavy (non-hydrogen) atoms. The highest BCUT2D eigenvalue weighted by Gasteiger charge is 2.14. The molecular formula is C9H8N4O3. The van der Waals surface area contributed by atoms with E-state index in [1.807, 2.05) is 0 Å². The van der Waals surface area contributed by atoms with Gasteiger partial charge in [0.15, 0.2) is 0 Å². The first kappa shape index (κ1) is 10.1. The highest BCUT2D eigenvalue weighted by molar-refractivity contribution is 6.05. The fourth-order valence-electron chi connectivity index (χ4n) is 1.33. The van der Waals surface area contributed by atoms with E-state index in [2.05, 4.69) is 15.8 Å². The molecule has 0 aromatic heterocycles. The molecule has 0 bridgehead atoms. The second-order valence-electron chi connectivity index (χ2n) is 3.16. The van der Waals surface area contributed by atoms with Crippen LogP contribution in [0, 0.1) is 10.1 Å². The smallest absolute Gasteiger partial charge is 0.331 e. The fourth-order valence-corrected chi connectivity index (χ4v) is 1.33. The first-order valence-corrected chi connectivity index (χ1v) is 4.52. The van der Waals surface area contributed by atoms with E-state index in [1.54, 1.807) is 12.1 Å². The van der Waals surface area contributed by atoms with Gasteiger partial charge in [0.05, 0.1) is 17.2 Å². The maximum Gasteiger partial charge on any atom is 0.335 e. The van der Waals surface area contributed by atoms with E-state index in [-0.39, 0.29) is 18.3 Å². The molecule has 2 N–H and O–H groups in total. The highest BCUT2D eigenvalue weighted by atomic mass is 16.6. The lowest BCUT2D eigenvalue weighted by Crippen LogP contribution is -2.42. The van der Waals surface area contributed by atoms with Gasteiger partial charge in [0.1, 0.15) is 0 Å². The number of nitro benzene ring substituents is 1. The first-order valence-electron chi connectivity index (χ1n) is 4.52. The zero-order chi connectivity index (χ0) is 11.5. The van der Waals surface area contributed by atoms with Gasteiger partial charge in [-0.1, -0.05) is 12.1 Å². The van der Waals surface area contributed by atoms with Crippen molar-refractivity contribution in [2.75, 3.05) is 6.54 Å². The van der Waals surface area contributed by atoms with Gasteiger partial charge in [0.25, 0.3) is 5.69 Å². The van der Waals surface area contributed by atoms with Crippen molar-refractivity contribution in [1.82, 2.24) is 10.7 Å². The molecule has 0 spiro atoms. The van der Waals surface area contributed by atoms with Crippen LogP contribution < -0.4 is 10.7 Å². The molecular weight excluding hydrogens is 212 g/mol. The summed E-state index contributed by atoms with van der Waals surface area (Å²) in [7, 11) is 0. The average molecular weight is 220 g/mol. The zero-order valence-electron chi connectivity index (χ0n) is 8.14. The van der Waals surface area contributed by atoms with Gasteiger partial charge in [-0.2, -0.15) is 5.10 Å². The van der Waals surface area contributed by atoms with Crippen LogP contribution in [0.15, 0.2) is 29.4 Å². The number of benzene rings is 1. The van der Waals surface area contributed by atoms with Crippen molar-refractivity contribution in [3.8, 4) is 0 Å². The molecule has 0 atom stereocenters. The molecule has 7 heteroatoms. The van der Waals surface area contributed by atoms with Gasteiger partial charge in [-0.05, 0) is 0 Å². The van der Waals surface area contributed by atoms with Gasteiger partial charge >= 0.3 is 6.03 Å². The number of nitrogens with one attached hydrogen (secondary N) is 2. The first-order chi connectivity index (χ1) is 7.66. The van der Waals surface area contributed by atoms with Crippen LogP contribution in [-0.4, -0.2) is 23.2 Å². The normalized spacial score (nSPS) is 14.8. The number of carbonyl (C=O) groups excluding carboxylic acids is 1. The van der Waals surface area contributed by atoms with E-state index >= 15 is 0 Å². The summed E-state index contributed by atoms with van der Waals surface area (Å²) in [6.45, 7) is 0.257. The van der Waals surface area contributed by atoms with Crippen LogP contribution in [0.25, 0.3) is 0 Å². The van der Waals surface area contributed by atoms with Gasteiger partial charge in [-0.25, -0.2) is 10.2 Å². The topological polar surface area (TPSA) is 96.6 Å². The minimum Gasteiger partial charge on any atom is -0.331 e. The molecule has 0 unspecified atom stereocenters. The second-order valence-corrected chi connectivity index (χ2v) is 3.16. The lowest BCUT2D eigenvalue weighted by Gasteiger charge is -2.13. The second kappa shape index (κ2) is 3.97. The minimum atomic E-state index is -0.473. The third-order valence-electron chi connectivity index (χ3n) is 2.10. The Labute approximate surface area is 90.3 Å². The van der Waals surface area contributed by atoms with Gasteiger partial charge in [0.2, 0.25) is 0 Å². The minimum absolute atomic E-state index is 0.00269. The summed E-state index contributed by atoms with van der Waals surface area (Å²) >= 11 is 0. The van der Waals surface area contributed by atoms with Gasteiger partial charge in [0, 0.05) is 17.7 Å². The third kappa shape index (κ3) is 1.97. The molecule has 1 aliphatic heterocycles. The van der Waals surface area contributed by atoms with Crippen molar-refractivity contribution in [1.29, 1.82) is 0 Å². The summed E-state index contributed by atoms with van der Waals surface area (Å²) in [6, 6.07) is 5.71. The number of hydrazone groups is 1. The molecule has 2 amide bonds. The van der Waals surface area contributed by atoms with Crippen LogP contribution in [0.4, 0.5) is 10.5 Å². The predicted octanol–water partition coefficient (Wildman–Crippen LogP) is 0.612. The Kier molecular flexibility index (Phi) is 2.50. The summed E-state index contributed by atoms with van der Waals surface area (Å²) in [5.74, 6) is 0. The van der Waals surface area contributed by atoms with Crippen molar-refractivity contribution < 1.29 is 9.72 Å². The average Bonchev–Trinajstić information content (AvgIpc) is 2.30. The molecule has 0 saturated heterocycles. The molecule has 0 fully saturated rings. The molecule has 82 valence electrons. The van der Waals surface area contributed by atoms with Gasteiger partial charge in [-0.15, -0.1) is 0 Å². The molecule has 1 aliphatic rings. The van der Waals surface area contributed by atoms with E-state index in [0.717, 1.165) is 0 Å². The van der Waals surface area contributed by atoms with Gasteiger partial charge in [-0.3, -0.25) is 10.1 Å². The maximum absolute atomic E-state index is 10.8. The third-order valence-corrected chi connectivity index (χ3v) is 2.10. The number of carbonyl (C=O) groups is 1. The Morgan fingerprint density at radius 2 is 2.25 bits per heavy atom. The lowest BCUT2D eigenvalue weighted by atomic mass is 10.1. The van der Waals surface area contributed by atoms with Crippen LogP contribution in [0.2, 0.25) is 0 Å². The van der Waals surface area contributed by atoms with Crippen LogP contribution in [-0.2, 0) is 0 Å². The van der Waals surface area contributed by atoms with Crippen LogP contribution >= 0.6 is 0 Å². The Bertz CT molecular complexity index is 483.